The summed E-state index contributed by atoms with van der Waals surface area (Å²) in [6.07, 6.45) is -28.0. The Kier molecular flexibility index (Phi) is 21.8. The van der Waals surface area contributed by atoms with Gasteiger partial charge >= 0.3 is 47.8 Å². The molecule has 0 spiro atoms. The van der Waals surface area contributed by atoms with E-state index in [9.17, 15) is 38.4 Å². The Hall–Kier alpha value is -6.24. The third-order valence-electron chi connectivity index (χ3n) is 12.7. The normalized spacial score (nSPS) is 34.0. The Morgan fingerprint density at radius 1 is 0.425 bits per heavy atom. The number of rotatable bonds is 20. The first-order valence-electron chi connectivity index (χ1n) is 25.5. The lowest BCUT2D eigenvalue weighted by atomic mass is 9.96. The molecule has 0 bridgehead atoms. The van der Waals surface area contributed by atoms with Crippen LogP contribution >= 0.6 is 0 Å². The van der Waals surface area contributed by atoms with E-state index in [0.29, 0.717) is 5.56 Å². The molecule has 80 heavy (non-hydrogen) atoms. The maximum Gasteiger partial charge on any atom is 0.303 e. The molecule has 0 aliphatic carbocycles. The maximum atomic E-state index is 13.2. The van der Waals surface area contributed by atoms with Gasteiger partial charge in [0.1, 0.15) is 36.6 Å². The lowest BCUT2D eigenvalue weighted by molar-refractivity contribution is -0.386. The van der Waals surface area contributed by atoms with Crippen LogP contribution in [0.15, 0.2) is 60.7 Å². The Morgan fingerprint density at radius 2 is 0.850 bits per heavy atom. The molecular weight excluding hydrogens is 1070 g/mol. The molecule has 5 aliphatic rings. The molecule has 0 saturated carbocycles. The van der Waals surface area contributed by atoms with Gasteiger partial charge in [-0.15, -0.1) is 0 Å². The highest BCUT2D eigenvalue weighted by molar-refractivity contribution is 5.69. The summed E-state index contributed by atoms with van der Waals surface area (Å²) < 4.78 is 114. The van der Waals surface area contributed by atoms with Gasteiger partial charge in [-0.1, -0.05) is 60.7 Å². The number of carbonyl (C=O) groups is 8. The van der Waals surface area contributed by atoms with Gasteiger partial charge in [0.05, 0.1) is 33.0 Å². The van der Waals surface area contributed by atoms with Crippen LogP contribution in [0.2, 0.25) is 0 Å². The van der Waals surface area contributed by atoms with Crippen molar-refractivity contribution in [3.63, 3.8) is 0 Å². The molecular formula is C53H66O27. The smallest absolute Gasteiger partial charge is 0.303 e. The topological polar surface area (TPSA) is 312 Å². The summed E-state index contributed by atoms with van der Waals surface area (Å²) in [5.41, 5.74) is 1.36. The number of methoxy groups -OCH3 is 1. The van der Waals surface area contributed by atoms with Gasteiger partial charge in [-0.25, -0.2) is 0 Å². The molecule has 0 aromatic heterocycles. The van der Waals surface area contributed by atoms with Crippen LogP contribution in [0, 0.1) is 0 Å². The number of fused-ring (bicyclic) bond motifs is 1. The van der Waals surface area contributed by atoms with E-state index in [1.165, 1.54) is 7.11 Å². The van der Waals surface area contributed by atoms with Crippen molar-refractivity contribution >= 4 is 47.8 Å². The standard InChI is InChI=1S/C53H66O27/c1-25(54)67-41-37(23-65-50(62-9)45(41)71-29(5)58)77-52-47(73-31(7)60)43(69-27(3)56)39(35(75-52)21-63-20-33-16-12-10-13-17-33)80-51-46(72-30(6)59)42(68-26(2)55)38(24-66-51)78-53-48(74-32(8)61)44(70-28(4)57)40-36(76-53)22-64-49(79-40)34-18-14-11-15-19-34/h10-19,35-53H,20-24H2,1-9H3/t35-,36-,37-,38-,39-,40-,41+,42+,43+,44+,45-,46-,47+,48+,49-,50-,51+,52-,53-/m1/s1. The molecule has 27 nitrogen and oxygen atoms in total. The van der Waals surface area contributed by atoms with E-state index in [4.69, 9.17) is 90.0 Å². The van der Waals surface area contributed by atoms with Crippen LogP contribution in [0.1, 0.15) is 72.8 Å². The second kappa shape index (κ2) is 28.4. The average Bonchev–Trinajstić information content (AvgIpc) is 3.39. The number of ether oxygens (including phenoxy) is 19. The van der Waals surface area contributed by atoms with Crippen LogP contribution in [0.25, 0.3) is 0 Å². The van der Waals surface area contributed by atoms with Crippen LogP contribution in [-0.2, 0) is 135 Å². The molecule has 0 amide bonds. The van der Waals surface area contributed by atoms with Gasteiger partial charge in [0.25, 0.3) is 0 Å². The minimum atomic E-state index is -1.79. The summed E-state index contributed by atoms with van der Waals surface area (Å²) in [5.74, 6) is -6.92. The van der Waals surface area contributed by atoms with Gasteiger partial charge in [0.15, 0.2) is 80.3 Å². The van der Waals surface area contributed by atoms with Crippen molar-refractivity contribution in [3.8, 4) is 0 Å². The van der Waals surface area contributed by atoms with Crippen LogP contribution < -0.4 is 0 Å². The summed E-state index contributed by atoms with van der Waals surface area (Å²) in [5, 5.41) is 0. The molecule has 2 aromatic rings. The van der Waals surface area contributed by atoms with E-state index < -0.39 is 178 Å². The van der Waals surface area contributed by atoms with Crippen LogP contribution in [-0.4, -0.2) is 192 Å². The molecule has 19 atom stereocenters. The van der Waals surface area contributed by atoms with E-state index in [0.717, 1.165) is 61.0 Å². The van der Waals surface area contributed by atoms with E-state index in [-0.39, 0.29) is 19.8 Å². The van der Waals surface area contributed by atoms with Crippen LogP contribution in [0.4, 0.5) is 0 Å². The maximum absolute atomic E-state index is 13.2. The first kappa shape index (κ1) is 61.4. The summed E-state index contributed by atoms with van der Waals surface area (Å²) in [6, 6.07) is 17.8. The molecule has 5 aliphatic heterocycles. The van der Waals surface area contributed by atoms with Crippen molar-refractivity contribution < 1.29 is 128 Å². The lowest BCUT2D eigenvalue weighted by Gasteiger charge is -2.50. The van der Waals surface area contributed by atoms with Gasteiger partial charge < -0.3 is 90.0 Å². The van der Waals surface area contributed by atoms with Crippen LogP contribution in [0.3, 0.4) is 0 Å². The average molecular weight is 1140 g/mol. The molecule has 27 heteroatoms. The van der Waals surface area contributed by atoms with Crippen molar-refractivity contribution in [1.29, 1.82) is 0 Å². The molecule has 0 unspecified atom stereocenters. The van der Waals surface area contributed by atoms with Crippen molar-refractivity contribution in [2.75, 3.05) is 33.5 Å². The minimum absolute atomic E-state index is 0.00902. The molecule has 5 fully saturated rings. The minimum Gasteiger partial charge on any atom is -0.455 e. The highest BCUT2D eigenvalue weighted by Gasteiger charge is 2.59. The second-order valence-electron chi connectivity index (χ2n) is 18.9. The molecule has 5 saturated heterocycles. The largest absolute Gasteiger partial charge is 0.455 e. The molecule has 0 N–H and O–H groups in total. The quantitative estimate of drug-likeness (QED) is 0.135. The van der Waals surface area contributed by atoms with Gasteiger partial charge in [-0.05, 0) is 5.56 Å². The van der Waals surface area contributed by atoms with E-state index in [1.807, 2.05) is 0 Å². The third kappa shape index (κ3) is 16.2. The first-order chi connectivity index (χ1) is 38.2. The Morgan fingerprint density at radius 3 is 1.36 bits per heavy atom. The molecule has 5 heterocycles. The van der Waals surface area contributed by atoms with Crippen molar-refractivity contribution in [2.24, 2.45) is 0 Å². The van der Waals surface area contributed by atoms with Gasteiger partial charge in [0.2, 0.25) is 0 Å². The summed E-state index contributed by atoms with van der Waals surface area (Å²) in [4.78, 5) is 103. The van der Waals surface area contributed by atoms with E-state index in [2.05, 4.69) is 0 Å². The fourth-order valence-electron chi connectivity index (χ4n) is 9.72. The molecule has 2 aromatic carbocycles. The monoisotopic (exact) mass is 1130 g/mol. The summed E-state index contributed by atoms with van der Waals surface area (Å²) in [7, 11) is 1.27. The summed E-state index contributed by atoms with van der Waals surface area (Å²) in [6.45, 7) is 7.19. The SMILES string of the molecule is CO[C@@H]1OC[C@@H](O[C@H]2O[C@H](COCc3ccccc3)[C@@H](O[C@@H]3OC[C@@H](O[C@H]4O[C@@H]5CO[C@@H](c6ccccc6)O[C@H]5[C@H](OC(C)=O)[C@@H]4OC(C)=O)[C@H](OC(C)=O)[C@H]3OC(C)=O)[C@H](OC(C)=O)[C@@H]2OC(C)=O)[C@H](OC(C)=O)[C@H]1OC(C)=O. The Labute approximate surface area is 459 Å². The van der Waals surface area contributed by atoms with Crippen molar-refractivity contribution in [3.05, 3.63) is 71.8 Å². The zero-order valence-corrected chi connectivity index (χ0v) is 45.3. The van der Waals surface area contributed by atoms with Crippen molar-refractivity contribution in [1.82, 2.24) is 0 Å². The van der Waals surface area contributed by atoms with Gasteiger partial charge in [0, 0.05) is 68.1 Å². The Balaban J connectivity index is 1.22. The highest BCUT2D eigenvalue weighted by Crippen LogP contribution is 2.40. The third-order valence-corrected chi connectivity index (χ3v) is 12.7. The molecule has 7 rings (SSSR count). The fourth-order valence-corrected chi connectivity index (χ4v) is 9.72. The number of benzene rings is 2. The van der Waals surface area contributed by atoms with E-state index in [1.54, 1.807) is 60.7 Å². The number of hydrogen-bond donors (Lipinski definition) is 0. The first-order valence-corrected chi connectivity index (χ1v) is 25.5. The zero-order valence-electron chi connectivity index (χ0n) is 45.3. The molecule has 440 valence electrons. The Bertz CT molecular complexity index is 2440. The van der Waals surface area contributed by atoms with Gasteiger partial charge in [-0.2, -0.15) is 0 Å². The number of esters is 8. The number of hydrogen-bond acceptors (Lipinski definition) is 27. The van der Waals surface area contributed by atoms with Crippen LogP contribution in [0.5, 0.6) is 0 Å². The predicted molar refractivity (Wildman–Crippen MR) is 259 cm³/mol. The summed E-state index contributed by atoms with van der Waals surface area (Å²) >= 11 is 0. The van der Waals surface area contributed by atoms with Gasteiger partial charge in [-0.3, -0.25) is 38.4 Å². The fraction of sp³-hybridized carbons (Fsp3) is 0.623. The van der Waals surface area contributed by atoms with Crippen molar-refractivity contribution in [2.45, 2.75) is 179 Å². The van der Waals surface area contributed by atoms with E-state index >= 15 is 0 Å². The second-order valence-corrected chi connectivity index (χ2v) is 18.9. The zero-order chi connectivity index (χ0) is 57.8. The highest BCUT2D eigenvalue weighted by atomic mass is 16.8. The predicted octanol–water partition coefficient (Wildman–Crippen LogP) is 1.74. The molecule has 0 radical (unpaired) electrons. The number of carbonyl (C=O) groups excluding carboxylic acids is 8. The lowest BCUT2D eigenvalue weighted by Crippen LogP contribution is -2.68.